The van der Waals surface area contributed by atoms with Crippen LogP contribution in [0.25, 0.3) is 10.9 Å². The van der Waals surface area contributed by atoms with E-state index < -0.39 is 0 Å². The molecular formula is C7H5ClN2S. The fraction of sp³-hybridized carbons (Fsp3) is 0.143. The number of halogens is 1. The van der Waals surface area contributed by atoms with Gasteiger partial charge in [-0.2, -0.15) is 0 Å². The highest BCUT2D eigenvalue weighted by atomic mass is 35.5. The van der Waals surface area contributed by atoms with Gasteiger partial charge in [-0.3, -0.25) is 0 Å². The molecule has 0 radical (unpaired) electrons. The molecule has 0 saturated heterocycles. The first-order valence-corrected chi connectivity index (χ1v) is 4.39. The van der Waals surface area contributed by atoms with Crippen molar-refractivity contribution >= 4 is 33.8 Å². The molecule has 0 bridgehead atoms. The zero-order chi connectivity index (χ0) is 7.84. The van der Waals surface area contributed by atoms with Gasteiger partial charge in [-0.1, -0.05) is 11.6 Å². The van der Waals surface area contributed by atoms with Crippen LogP contribution in [0.5, 0.6) is 0 Å². The summed E-state index contributed by atoms with van der Waals surface area (Å²) < 4.78 is 0. The number of fused-ring (bicyclic) bond motifs is 1. The summed E-state index contributed by atoms with van der Waals surface area (Å²) in [6, 6.07) is 0. The summed E-state index contributed by atoms with van der Waals surface area (Å²) in [4.78, 5) is 9.15. The Bertz CT molecular complexity index is 396. The van der Waals surface area contributed by atoms with Gasteiger partial charge in [0.1, 0.15) is 11.5 Å². The van der Waals surface area contributed by atoms with Gasteiger partial charge in [-0.05, 0) is 6.92 Å². The number of thiophene rings is 1. The largest absolute Gasteiger partial charge is 0.235 e. The van der Waals surface area contributed by atoms with Crippen molar-refractivity contribution in [3.63, 3.8) is 0 Å². The maximum Gasteiger partial charge on any atom is 0.141 e. The highest BCUT2D eigenvalue weighted by molar-refractivity contribution is 7.11. The SMILES string of the molecule is Cc1scc2ncnc(Cl)c12. The summed E-state index contributed by atoms with van der Waals surface area (Å²) in [5.41, 5.74) is 0.938. The molecule has 2 aromatic heterocycles. The molecule has 2 nitrogen and oxygen atoms in total. The fourth-order valence-electron chi connectivity index (χ4n) is 0.995. The Labute approximate surface area is 72.9 Å². The molecule has 0 spiro atoms. The topological polar surface area (TPSA) is 25.8 Å². The lowest BCUT2D eigenvalue weighted by molar-refractivity contribution is 1.23. The maximum absolute atomic E-state index is 5.86. The van der Waals surface area contributed by atoms with Crippen molar-refractivity contribution in [1.29, 1.82) is 0 Å². The van der Waals surface area contributed by atoms with Crippen LogP contribution in [-0.2, 0) is 0 Å². The van der Waals surface area contributed by atoms with Crippen LogP contribution < -0.4 is 0 Å². The van der Waals surface area contributed by atoms with Gasteiger partial charge in [0, 0.05) is 10.3 Å². The third-order valence-electron chi connectivity index (χ3n) is 1.53. The zero-order valence-electron chi connectivity index (χ0n) is 5.84. The molecule has 11 heavy (non-hydrogen) atoms. The van der Waals surface area contributed by atoms with Crippen LogP contribution in [0.15, 0.2) is 11.7 Å². The summed E-state index contributed by atoms with van der Waals surface area (Å²) in [7, 11) is 0. The molecule has 2 heterocycles. The third kappa shape index (κ3) is 1.01. The molecule has 0 aromatic carbocycles. The van der Waals surface area contributed by atoms with Gasteiger partial charge in [0.15, 0.2) is 0 Å². The van der Waals surface area contributed by atoms with E-state index in [2.05, 4.69) is 9.97 Å². The predicted molar refractivity (Wildman–Crippen MR) is 47.2 cm³/mol. The van der Waals surface area contributed by atoms with E-state index in [-0.39, 0.29) is 0 Å². The quantitative estimate of drug-likeness (QED) is 0.589. The predicted octanol–water partition coefficient (Wildman–Crippen LogP) is 2.65. The number of rotatable bonds is 0. The number of aromatic nitrogens is 2. The Morgan fingerprint density at radius 1 is 1.45 bits per heavy atom. The lowest BCUT2D eigenvalue weighted by Gasteiger charge is -1.91. The molecule has 0 saturated carbocycles. The van der Waals surface area contributed by atoms with Crippen molar-refractivity contribution in [1.82, 2.24) is 9.97 Å². The smallest absolute Gasteiger partial charge is 0.141 e. The molecule has 0 fully saturated rings. The fourth-order valence-corrected chi connectivity index (χ4v) is 2.12. The first kappa shape index (κ1) is 7.00. The van der Waals surface area contributed by atoms with Crippen molar-refractivity contribution in [3.05, 3.63) is 21.7 Å². The Hall–Kier alpha value is -0.670. The molecule has 0 atom stereocenters. The van der Waals surface area contributed by atoms with Crippen LogP contribution in [0.2, 0.25) is 5.15 Å². The second-order valence-electron chi connectivity index (χ2n) is 2.22. The molecule has 0 N–H and O–H groups in total. The van der Waals surface area contributed by atoms with Gasteiger partial charge in [-0.25, -0.2) is 9.97 Å². The monoisotopic (exact) mass is 184 g/mol. The summed E-state index contributed by atoms with van der Waals surface area (Å²) in [6.07, 6.45) is 1.48. The van der Waals surface area contributed by atoms with Crippen LogP contribution in [0.4, 0.5) is 0 Å². The van der Waals surface area contributed by atoms with Crippen molar-refractivity contribution in [2.75, 3.05) is 0 Å². The lowest BCUT2D eigenvalue weighted by Crippen LogP contribution is -1.79. The molecular weight excluding hydrogens is 180 g/mol. The van der Waals surface area contributed by atoms with E-state index in [1.807, 2.05) is 12.3 Å². The van der Waals surface area contributed by atoms with E-state index in [1.165, 1.54) is 11.2 Å². The molecule has 0 aliphatic carbocycles. The molecule has 0 amide bonds. The standard InChI is InChI=1S/C7H5ClN2S/c1-4-6-5(2-11-4)9-3-10-7(6)8/h2-3H,1H3. The minimum atomic E-state index is 0.550. The summed E-state index contributed by atoms with van der Waals surface area (Å²) in [6.45, 7) is 2.02. The Balaban J connectivity index is 2.96. The van der Waals surface area contributed by atoms with Crippen molar-refractivity contribution in [2.24, 2.45) is 0 Å². The minimum Gasteiger partial charge on any atom is -0.235 e. The summed E-state index contributed by atoms with van der Waals surface area (Å²) >= 11 is 7.50. The molecule has 4 heteroatoms. The minimum absolute atomic E-state index is 0.550. The average molecular weight is 185 g/mol. The van der Waals surface area contributed by atoms with E-state index in [1.54, 1.807) is 11.3 Å². The number of hydrogen-bond donors (Lipinski definition) is 0. The van der Waals surface area contributed by atoms with Gasteiger partial charge < -0.3 is 0 Å². The van der Waals surface area contributed by atoms with Gasteiger partial charge >= 0.3 is 0 Å². The van der Waals surface area contributed by atoms with Gasteiger partial charge in [0.25, 0.3) is 0 Å². The summed E-state index contributed by atoms with van der Waals surface area (Å²) in [5.74, 6) is 0. The molecule has 0 aliphatic rings. The molecule has 56 valence electrons. The summed E-state index contributed by atoms with van der Waals surface area (Å²) in [5, 5.41) is 3.52. The third-order valence-corrected chi connectivity index (χ3v) is 2.72. The first-order valence-electron chi connectivity index (χ1n) is 3.13. The second-order valence-corrected chi connectivity index (χ2v) is 3.66. The first-order chi connectivity index (χ1) is 5.29. The van der Waals surface area contributed by atoms with Crippen molar-refractivity contribution in [2.45, 2.75) is 6.92 Å². The van der Waals surface area contributed by atoms with Gasteiger partial charge in [0.05, 0.1) is 10.9 Å². The Morgan fingerprint density at radius 2 is 2.27 bits per heavy atom. The van der Waals surface area contributed by atoms with E-state index in [0.29, 0.717) is 5.15 Å². The van der Waals surface area contributed by atoms with E-state index >= 15 is 0 Å². The Morgan fingerprint density at radius 3 is 3.00 bits per heavy atom. The van der Waals surface area contributed by atoms with Crippen LogP contribution >= 0.6 is 22.9 Å². The van der Waals surface area contributed by atoms with E-state index in [9.17, 15) is 0 Å². The van der Waals surface area contributed by atoms with Crippen molar-refractivity contribution < 1.29 is 0 Å². The lowest BCUT2D eigenvalue weighted by atomic mass is 10.3. The Kier molecular flexibility index (Phi) is 1.55. The number of nitrogens with zero attached hydrogens (tertiary/aromatic N) is 2. The van der Waals surface area contributed by atoms with E-state index in [0.717, 1.165) is 10.9 Å². The normalized spacial score (nSPS) is 10.7. The van der Waals surface area contributed by atoms with Crippen molar-refractivity contribution in [3.8, 4) is 0 Å². The number of aryl methyl sites for hydroxylation is 1. The second kappa shape index (κ2) is 2.43. The highest BCUT2D eigenvalue weighted by Gasteiger charge is 2.04. The maximum atomic E-state index is 5.86. The average Bonchev–Trinajstić information content (AvgIpc) is 2.34. The van der Waals surface area contributed by atoms with Gasteiger partial charge in [0.2, 0.25) is 0 Å². The molecule has 2 aromatic rings. The van der Waals surface area contributed by atoms with Crippen LogP contribution in [0.3, 0.4) is 0 Å². The van der Waals surface area contributed by atoms with Crippen LogP contribution in [0, 0.1) is 6.92 Å². The van der Waals surface area contributed by atoms with Gasteiger partial charge in [-0.15, -0.1) is 11.3 Å². The van der Waals surface area contributed by atoms with Crippen LogP contribution in [-0.4, -0.2) is 9.97 Å². The number of hydrogen-bond acceptors (Lipinski definition) is 3. The molecule has 0 unspecified atom stereocenters. The van der Waals surface area contributed by atoms with E-state index in [4.69, 9.17) is 11.6 Å². The van der Waals surface area contributed by atoms with Crippen LogP contribution in [0.1, 0.15) is 4.88 Å². The highest BCUT2D eigenvalue weighted by Crippen LogP contribution is 2.27. The zero-order valence-corrected chi connectivity index (χ0v) is 7.41. The molecule has 0 aliphatic heterocycles. The molecule has 2 rings (SSSR count).